The van der Waals surface area contributed by atoms with Crippen LogP contribution in [0.5, 0.6) is 0 Å². The first kappa shape index (κ1) is 15.3. The van der Waals surface area contributed by atoms with Crippen LogP contribution in [0.3, 0.4) is 0 Å². The summed E-state index contributed by atoms with van der Waals surface area (Å²) in [5.74, 6) is 0.903. The van der Waals surface area contributed by atoms with Crippen LogP contribution in [0, 0.1) is 0 Å². The third kappa shape index (κ3) is 2.83. The largest absolute Gasteiger partial charge is 0.367 e. The van der Waals surface area contributed by atoms with Crippen molar-refractivity contribution < 1.29 is 0 Å². The van der Waals surface area contributed by atoms with Crippen molar-refractivity contribution in [2.75, 3.05) is 5.32 Å². The summed E-state index contributed by atoms with van der Waals surface area (Å²) in [4.78, 5) is 4.69. The van der Waals surface area contributed by atoms with E-state index in [9.17, 15) is 0 Å². The molecule has 0 saturated carbocycles. The molecule has 114 valence electrons. The fourth-order valence-corrected chi connectivity index (χ4v) is 2.78. The zero-order valence-electron chi connectivity index (χ0n) is 12.3. The number of nitrogens with zero attached hydrogens (tertiary/aromatic N) is 3. The van der Waals surface area contributed by atoms with E-state index in [4.69, 9.17) is 11.6 Å². The molecule has 1 N–H and O–H groups in total. The molecule has 3 rings (SSSR count). The molecule has 0 aliphatic heterocycles. The molecule has 0 saturated heterocycles. The molecule has 0 fully saturated rings. The molecule has 1 atom stereocenters. The number of aromatic nitrogens is 3. The van der Waals surface area contributed by atoms with E-state index in [2.05, 4.69) is 45.2 Å². The highest BCUT2D eigenvalue weighted by Gasteiger charge is 2.14. The van der Waals surface area contributed by atoms with Gasteiger partial charge in [0, 0.05) is 22.7 Å². The maximum atomic E-state index is 6.31. The van der Waals surface area contributed by atoms with Crippen molar-refractivity contribution in [1.82, 2.24) is 14.6 Å². The predicted octanol–water partition coefficient (Wildman–Crippen LogP) is 5.02. The van der Waals surface area contributed by atoms with E-state index in [0.717, 1.165) is 33.6 Å². The second-order valence-electron chi connectivity index (χ2n) is 5.19. The lowest BCUT2D eigenvalue weighted by atomic mass is 10.1. The number of hydrogen-bond donors (Lipinski definition) is 1. The third-order valence-corrected chi connectivity index (χ3v) is 4.47. The maximum absolute atomic E-state index is 6.31. The van der Waals surface area contributed by atoms with Gasteiger partial charge in [-0.1, -0.05) is 36.7 Å². The Morgan fingerprint density at radius 1 is 1.36 bits per heavy atom. The first-order valence-electron chi connectivity index (χ1n) is 7.16. The van der Waals surface area contributed by atoms with Gasteiger partial charge in [0.1, 0.15) is 5.82 Å². The van der Waals surface area contributed by atoms with Gasteiger partial charge in [0.25, 0.3) is 0 Å². The number of hydrogen-bond acceptors (Lipinski definition) is 3. The lowest BCUT2D eigenvalue weighted by molar-refractivity contribution is 0.749. The van der Waals surface area contributed by atoms with Gasteiger partial charge in [0.15, 0.2) is 5.65 Å². The van der Waals surface area contributed by atoms with Crippen molar-refractivity contribution in [3.63, 3.8) is 0 Å². The van der Waals surface area contributed by atoms with Crippen molar-refractivity contribution in [3.05, 3.63) is 46.0 Å². The van der Waals surface area contributed by atoms with Gasteiger partial charge in [-0.2, -0.15) is 9.61 Å². The molecule has 3 aromatic rings. The van der Waals surface area contributed by atoms with Gasteiger partial charge in [0.2, 0.25) is 0 Å². The summed E-state index contributed by atoms with van der Waals surface area (Å²) in [5.41, 5.74) is 2.50. The van der Waals surface area contributed by atoms with E-state index >= 15 is 0 Å². The third-order valence-electron chi connectivity index (χ3n) is 3.59. The van der Waals surface area contributed by atoms with Crippen LogP contribution in [0.4, 0.5) is 5.82 Å². The Bertz CT molecular complexity index is 815. The fraction of sp³-hybridized carbons (Fsp3) is 0.250. The van der Waals surface area contributed by atoms with Crippen LogP contribution in [-0.2, 0) is 0 Å². The van der Waals surface area contributed by atoms with Crippen molar-refractivity contribution in [2.24, 2.45) is 0 Å². The monoisotopic (exact) mass is 378 g/mol. The minimum Gasteiger partial charge on any atom is -0.367 e. The summed E-state index contributed by atoms with van der Waals surface area (Å²) in [5, 5.41) is 8.53. The van der Waals surface area contributed by atoms with Gasteiger partial charge in [-0.15, -0.1) is 0 Å². The number of halogens is 2. The Kier molecular flexibility index (Phi) is 4.36. The summed E-state index contributed by atoms with van der Waals surface area (Å²) >= 11 is 9.82. The minimum atomic E-state index is 0.340. The molecule has 22 heavy (non-hydrogen) atoms. The smallest absolute Gasteiger partial charge is 0.172 e. The molecule has 6 heteroatoms. The van der Waals surface area contributed by atoms with Gasteiger partial charge in [-0.3, -0.25) is 0 Å². The summed E-state index contributed by atoms with van der Waals surface area (Å²) < 4.78 is 2.66. The normalized spacial score (nSPS) is 12.5. The standard InChI is InChI=1S/C16H16BrClN4/c1-3-10(2)20-15-8-14(11-6-4-5-7-13(11)18)21-16-12(17)9-19-22(15)16/h4-10,20H,3H2,1-2H3. The molecule has 4 nitrogen and oxygen atoms in total. The molecule has 0 spiro atoms. The van der Waals surface area contributed by atoms with Gasteiger partial charge in [-0.25, -0.2) is 4.98 Å². The van der Waals surface area contributed by atoms with Gasteiger partial charge < -0.3 is 5.32 Å². The maximum Gasteiger partial charge on any atom is 0.172 e. The topological polar surface area (TPSA) is 42.2 Å². The molecule has 0 bridgehead atoms. The molecular formula is C16H16BrClN4. The highest BCUT2D eigenvalue weighted by molar-refractivity contribution is 9.10. The van der Waals surface area contributed by atoms with E-state index in [-0.39, 0.29) is 0 Å². The van der Waals surface area contributed by atoms with Crippen LogP contribution in [0.15, 0.2) is 41.0 Å². The molecular weight excluding hydrogens is 364 g/mol. The average Bonchev–Trinajstić information content (AvgIpc) is 2.89. The Balaban J connectivity index is 2.19. The SMILES string of the molecule is CCC(C)Nc1cc(-c2ccccc2Cl)nc2c(Br)cnn12. The van der Waals surface area contributed by atoms with Crippen LogP contribution in [-0.4, -0.2) is 20.6 Å². The number of rotatable bonds is 4. The lowest BCUT2D eigenvalue weighted by Crippen LogP contribution is -2.16. The lowest BCUT2D eigenvalue weighted by Gasteiger charge is -2.15. The Labute approximate surface area is 142 Å². The van der Waals surface area contributed by atoms with Crippen molar-refractivity contribution in [2.45, 2.75) is 26.3 Å². The van der Waals surface area contributed by atoms with E-state index in [1.165, 1.54) is 0 Å². The number of nitrogens with one attached hydrogen (secondary N) is 1. The quantitative estimate of drug-likeness (QED) is 0.692. The van der Waals surface area contributed by atoms with Gasteiger partial charge in [0.05, 0.1) is 16.4 Å². The number of anilines is 1. The highest BCUT2D eigenvalue weighted by atomic mass is 79.9. The Morgan fingerprint density at radius 2 is 2.14 bits per heavy atom. The van der Waals surface area contributed by atoms with E-state index < -0.39 is 0 Å². The molecule has 2 aromatic heterocycles. The van der Waals surface area contributed by atoms with Crippen LogP contribution in [0.1, 0.15) is 20.3 Å². The zero-order valence-corrected chi connectivity index (χ0v) is 14.7. The second kappa shape index (κ2) is 6.26. The first-order valence-corrected chi connectivity index (χ1v) is 8.33. The predicted molar refractivity (Wildman–Crippen MR) is 94.5 cm³/mol. The van der Waals surface area contributed by atoms with Crippen molar-refractivity contribution in [1.29, 1.82) is 0 Å². The van der Waals surface area contributed by atoms with Gasteiger partial charge >= 0.3 is 0 Å². The van der Waals surface area contributed by atoms with E-state index in [0.29, 0.717) is 11.1 Å². The second-order valence-corrected chi connectivity index (χ2v) is 6.45. The van der Waals surface area contributed by atoms with Crippen molar-refractivity contribution >= 4 is 39.0 Å². The molecule has 0 aliphatic rings. The van der Waals surface area contributed by atoms with Crippen LogP contribution >= 0.6 is 27.5 Å². The van der Waals surface area contributed by atoms with Crippen LogP contribution < -0.4 is 5.32 Å². The average molecular weight is 380 g/mol. The van der Waals surface area contributed by atoms with Crippen molar-refractivity contribution in [3.8, 4) is 11.3 Å². The molecule has 0 radical (unpaired) electrons. The van der Waals surface area contributed by atoms with Crippen LogP contribution in [0.2, 0.25) is 5.02 Å². The molecule has 2 heterocycles. The van der Waals surface area contributed by atoms with E-state index in [1.807, 2.05) is 30.3 Å². The summed E-state index contributed by atoms with van der Waals surface area (Å²) in [7, 11) is 0. The first-order chi connectivity index (χ1) is 10.6. The summed E-state index contributed by atoms with van der Waals surface area (Å²) in [6.07, 6.45) is 2.77. The molecule has 0 aliphatic carbocycles. The van der Waals surface area contributed by atoms with E-state index in [1.54, 1.807) is 10.7 Å². The molecule has 1 unspecified atom stereocenters. The highest BCUT2D eigenvalue weighted by Crippen LogP contribution is 2.30. The number of benzene rings is 1. The number of fused-ring (bicyclic) bond motifs is 1. The molecule has 0 amide bonds. The summed E-state index contributed by atoms with van der Waals surface area (Å²) in [6, 6.07) is 10.0. The van der Waals surface area contributed by atoms with Gasteiger partial charge in [-0.05, 0) is 35.3 Å². The minimum absolute atomic E-state index is 0.340. The van der Waals surface area contributed by atoms with Crippen LogP contribution in [0.25, 0.3) is 16.9 Å². The summed E-state index contributed by atoms with van der Waals surface area (Å²) in [6.45, 7) is 4.28. The fourth-order valence-electron chi connectivity index (χ4n) is 2.20. The molecule has 1 aromatic carbocycles. The Hall–Kier alpha value is -1.59. The zero-order chi connectivity index (χ0) is 15.7. The Morgan fingerprint density at radius 3 is 2.86 bits per heavy atom.